The van der Waals surface area contributed by atoms with Crippen LogP contribution in [0.15, 0.2) is 41.3 Å². The molecule has 0 saturated carbocycles. The number of nitrogens with one attached hydrogen (secondary N) is 2. The number of hydrogen-bond donors (Lipinski definition) is 3. The van der Waals surface area contributed by atoms with E-state index in [4.69, 9.17) is 11.1 Å². The van der Waals surface area contributed by atoms with Crippen molar-refractivity contribution in [3.05, 3.63) is 52.7 Å². The number of benzene rings is 1. The van der Waals surface area contributed by atoms with Crippen LogP contribution in [0.1, 0.15) is 58.2 Å². The molecule has 2 aromatic heterocycles. The topological polar surface area (TPSA) is 104 Å². The minimum atomic E-state index is -0.144. The number of aryl methyl sites for hydroxylation is 1. The molecule has 32 heavy (non-hydrogen) atoms. The average molecular weight is 435 g/mol. The lowest BCUT2D eigenvalue weighted by molar-refractivity contribution is 0.101. The standard InChI is InChI=1S/C25H34N6O/c1-17-9-8-10-18(2)30(17)13-6-3-7-14-31-22-12-5-4-11-19(22)15-20(25(31)32)21-16-28-24(29-21)23(26)27/h4-5,11-12,15-18H,3,6-10,13-14H2,1-2H3,(H3,26,27)(H,28,29)/t17-,18+. The first-order chi connectivity index (χ1) is 15.5. The van der Waals surface area contributed by atoms with E-state index in [1.54, 1.807) is 6.20 Å². The number of rotatable bonds is 8. The number of aromatic amines is 1. The molecule has 0 bridgehead atoms. The van der Waals surface area contributed by atoms with Gasteiger partial charge in [-0.1, -0.05) is 31.0 Å². The Morgan fingerprint density at radius 1 is 1.16 bits per heavy atom. The van der Waals surface area contributed by atoms with E-state index in [2.05, 4.69) is 28.7 Å². The Balaban J connectivity index is 1.49. The average Bonchev–Trinajstić information content (AvgIpc) is 3.27. The Labute approximate surface area is 189 Å². The van der Waals surface area contributed by atoms with E-state index in [0.29, 0.717) is 29.9 Å². The number of imidazole rings is 1. The van der Waals surface area contributed by atoms with Gasteiger partial charge in [0, 0.05) is 18.6 Å². The first-order valence-corrected chi connectivity index (χ1v) is 11.7. The molecule has 0 aliphatic carbocycles. The molecular formula is C25H34N6O. The molecule has 3 aromatic rings. The summed E-state index contributed by atoms with van der Waals surface area (Å²) >= 11 is 0. The quantitative estimate of drug-likeness (QED) is 0.282. The molecule has 0 unspecified atom stereocenters. The van der Waals surface area contributed by atoms with Gasteiger partial charge in [-0.05, 0) is 63.6 Å². The van der Waals surface area contributed by atoms with Gasteiger partial charge in [-0.2, -0.15) is 0 Å². The van der Waals surface area contributed by atoms with E-state index in [-0.39, 0.29) is 17.2 Å². The van der Waals surface area contributed by atoms with Gasteiger partial charge in [0.05, 0.1) is 23.0 Å². The minimum Gasteiger partial charge on any atom is -0.381 e. The smallest absolute Gasteiger partial charge is 0.260 e. The summed E-state index contributed by atoms with van der Waals surface area (Å²) in [5, 5.41) is 8.58. The number of aromatic nitrogens is 3. The van der Waals surface area contributed by atoms with Crippen molar-refractivity contribution in [2.75, 3.05) is 6.54 Å². The Bertz CT molecular complexity index is 1140. The van der Waals surface area contributed by atoms with Gasteiger partial charge in [-0.3, -0.25) is 15.1 Å². The Morgan fingerprint density at radius 2 is 1.88 bits per heavy atom. The van der Waals surface area contributed by atoms with Gasteiger partial charge in [0.2, 0.25) is 0 Å². The van der Waals surface area contributed by atoms with Crippen molar-refractivity contribution in [1.82, 2.24) is 19.4 Å². The molecule has 7 heteroatoms. The number of piperidine rings is 1. The molecule has 0 spiro atoms. The van der Waals surface area contributed by atoms with Crippen molar-refractivity contribution in [3.8, 4) is 11.3 Å². The van der Waals surface area contributed by atoms with Gasteiger partial charge >= 0.3 is 0 Å². The third-order valence-electron chi connectivity index (χ3n) is 6.80. The number of para-hydroxylation sites is 1. The van der Waals surface area contributed by atoms with E-state index in [1.807, 2.05) is 34.9 Å². The van der Waals surface area contributed by atoms with E-state index < -0.39 is 0 Å². The number of nitrogens with two attached hydrogens (primary N) is 1. The molecule has 0 amide bonds. The number of pyridine rings is 1. The molecule has 3 heterocycles. The van der Waals surface area contributed by atoms with Crippen molar-refractivity contribution in [1.29, 1.82) is 5.41 Å². The Morgan fingerprint density at radius 3 is 2.59 bits per heavy atom. The SMILES string of the molecule is C[C@@H]1CCC[C@H](C)N1CCCCCn1c(=O)c(-c2cnc(C(=N)N)[nH]2)cc2ccccc21. The van der Waals surface area contributed by atoms with Gasteiger partial charge in [-0.25, -0.2) is 4.98 Å². The van der Waals surface area contributed by atoms with Crippen molar-refractivity contribution in [3.63, 3.8) is 0 Å². The highest BCUT2D eigenvalue weighted by molar-refractivity contribution is 5.92. The van der Waals surface area contributed by atoms with Crippen LogP contribution in [0.25, 0.3) is 22.2 Å². The lowest BCUT2D eigenvalue weighted by Gasteiger charge is -2.39. The second-order valence-corrected chi connectivity index (χ2v) is 9.06. The van der Waals surface area contributed by atoms with Crippen LogP contribution in [0.2, 0.25) is 0 Å². The first-order valence-electron chi connectivity index (χ1n) is 11.7. The molecule has 4 N–H and O–H groups in total. The predicted octanol–water partition coefficient (Wildman–Crippen LogP) is 4.11. The molecule has 2 atom stereocenters. The number of nitrogen functional groups attached to an aromatic ring is 1. The van der Waals surface area contributed by atoms with Gasteiger partial charge in [0.1, 0.15) is 0 Å². The summed E-state index contributed by atoms with van der Waals surface area (Å²) in [5.74, 6) is 0.134. The molecule has 1 saturated heterocycles. The van der Waals surface area contributed by atoms with E-state index in [0.717, 1.165) is 36.7 Å². The highest BCUT2D eigenvalue weighted by Gasteiger charge is 2.23. The van der Waals surface area contributed by atoms with Crippen LogP contribution in [0, 0.1) is 5.41 Å². The summed E-state index contributed by atoms with van der Waals surface area (Å²) < 4.78 is 1.88. The predicted molar refractivity (Wildman–Crippen MR) is 130 cm³/mol. The van der Waals surface area contributed by atoms with Crippen LogP contribution in [-0.2, 0) is 6.54 Å². The molecule has 1 aliphatic heterocycles. The molecule has 1 aliphatic rings. The van der Waals surface area contributed by atoms with Gasteiger partial charge in [0.25, 0.3) is 5.56 Å². The zero-order valence-electron chi connectivity index (χ0n) is 19.1. The van der Waals surface area contributed by atoms with E-state index in [1.165, 1.54) is 19.3 Å². The highest BCUT2D eigenvalue weighted by atomic mass is 16.1. The van der Waals surface area contributed by atoms with Crippen molar-refractivity contribution in [2.45, 2.75) is 71.0 Å². The number of likely N-dealkylation sites (tertiary alicyclic amines) is 1. The highest BCUT2D eigenvalue weighted by Crippen LogP contribution is 2.23. The second-order valence-electron chi connectivity index (χ2n) is 9.06. The summed E-state index contributed by atoms with van der Waals surface area (Å²) in [6.45, 7) is 6.52. The van der Waals surface area contributed by atoms with Crippen LogP contribution in [0.4, 0.5) is 0 Å². The normalized spacial score (nSPS) is 19.4. The summed E-state index contributed by atoms with van der Waals surface area (Å²) in [6.07, 6.45) is 8.74. The monoisotopic (exact) mass is 434 g/mol. The summed E-state index contributed by atoms with van der Waals surface area (Å²) in [6, 6.07) is 11.2. The van der Waals surface area contributed by atoms with Crippen LogP contribution >= 0.6 is 0 Å². The van der Waals surface area contributed by atoms with Crippen LogP contribution < -0.4 is 11.3 Å². The lowest BCUT2D eigenvalue weighted by Crippen LogP contribution is -2.44. The third-order valence-corrected chi connectivity index (χ3v) is 6.80. The second kappa shape index (κ2) is 9.69. The fourth-order valence-corrected chi connectivity index (χ4v) is 4.99. The maximum absolute atomic E-state index is 13.4. The fraction of sp³-hybridized carbons (Fsp3) is 0.480. The van der Waals surface area contributed by atoms with Crippen molar-refractivity contribution >= 4 is 16.7 Å². The number of H-pyrrole nitrogens is 1. The Kier molecular flexibility index (Phi) is 6.74. The van der Waals surface area contributed by atoms with Gasteiger partial charge < -0.3 is 15.3 Å². The number of hydrogen-bond acceptors (Lipinski definition) is 4. The summed E-state index contributed by atoms with van der Waals surface area (Å²) in [7, 11) is 0. The number of fused-ring (bicyclic) bond motifs is 1. The molecule has 7 nitrogen and oxygen atoms in total. The maximum Gasteiger partial charge on any atom is 0.260 e. The fourth-order valence-electron chi connectivity index (χ4n) is 4.99. The summed E-state index contributed by atoms with van der Waals surface area (Å²) in [5.41, 5.74) is 7.59. The molecule has 1 aromatic carbocycles. The number of amidine groups is 1. The molecule has 4 rings (SSSR count). The third kappa shape index (κ3) is 4.63. The van der Waals surface area contributed by atoms with E-state index in [9.17, 15) is 4.79 Å². The zero-order chi connectivity index (χ0) is 22.7. The molecule has 0 radical (unpaired) electrons. The van der Waals surface area contributed by atoms with Crippen molar-refractivity contribution in [2.24, 2.45) is 5.73 Å². The first kappa shape index (κ1) is 22.3. The van der Waals surface area contributed by atoms with E-state index >= 15 is 0 Å². The number of unbranched alkanes of at least 4 members (excludes halogenated alkanes) is 2. The maximum atomic E-state index is 13.4. The van der Waals surface area contributed by atoms with Crippen LogP contribution in [-0.4, -0.2) is 43.9 Å². The molecule has 170 valence electrons. The molecule has 1 fully saturated rings. The summed E-state index contributed by atoms with van der Waals surface area (Å²) in [4.78, 5) is 23.2. The van der Waals surface area contributed by atoms with Gasteiger partial charge in [-0.15, -0.1) is 0 Å². The molecular weight excluding hydrogens is 400 g/mol. The minimum absolute atomic E-state index is 0.0410. The van der Waals surface area contributed by atoms with Crippen molar-refractivity contribution < 1.29 is 0 Å². The number of nitrogens with zero attached hydrogens (tertiary/aromatic N) is 3. The Hall–Kier alpha value is -2.93. The van der Waals surface area contributed by atoms with Crippen LogP contribution in [0.5, 0.6) is 0 Å². The largest absolute Gasteiger partial charge is 0.381 e. The lowest BCUT2D eigenvalue weighted by atomic mass is 9.97. The zero-order valence-corrected chi connectivity index (χ0v) is 19.1. The van der Waals surface area contributed by atoms with Crippen LogP contribution in [0.3, 0.4) is 0 Å². The van der Waals surface area contributed by atoms with Gasteiger partial charge in [0.15, 0.2) is 11.7 Å².